The maximum absolute atomic E-state index is 10.6. The number of halogens is 1. The maximum Gasteiger partial charge on any atom is 0.138 e. The molecule has 1 aromatic carbocycles. The second-order valence-electron chi connectivity index (χ2n) is 5.18. The lowest BCUT2D eigenvalue weighted by molar-refractivity contribution is 0.0539. The summed E-state index contributed by atoms with van der Waals surface area (Å²) in [5.41, 5.74) is -0.247. The second-order valence-corrected chi connectivity index (χ2v) is 5.61. The van der Waals surface area contributed by atoms with E-state index < -0.39 is 5.60 Å². The zero-order chi connectivity index (χ0) is 14.0. The number of hydrogen-bond donors (Lipinski definition) is 1. The van der Waals surface area contributed by atoms with Gasteiger partial charge in [-0.3, -0.25) is 0 Å². The molecule has 0 spiro atoms. The molecule has 1 N–H and O–H groups in total. The highest BCUT2D eigenvalue weighted by atomic mass is 35.5. The van der Waals surface area contributed by atoms with Crippen LogP contribution in [0.4, 0.5) is 0 Å². The standard InChI is InChI=1S/C14H18ClN3O/c1-10(2)18-13(16-9-17-18)8-14(3,19)11-5-4-6-12(15)7-11/h4-7,9-10,19H,8H2,1-3H3. The Morgan fingerprint density at radius 2 is 2.16 bits per heavy atom. The zero-order valence-corrected chi connectivity index (χ0v) is 12.1. The average molecular weight is 280 g/mol. The molecule has 4 nitrogen and oxygen atoms in total. The molecule has 0 aliphatic rings. The molecule has 0 radical (unpaired) electrons. The Labute approximate surface area is 118 Å². The van der Waals surface area contributed by atoms with Gasteiger partial charge in [0, 0.05) is 17.5 Å². The van der Waals surface area contributed by atoms with E-state index in [-0.39, 0.29) is 6.04 Å². The van der Waals surface area contributed by atoms with E-state index >= 15 is 0 Å². The van der Waals surface area contributed by atoms with Crippen molar-refractivity contribution in [1.29, 1.82) is 0 Å². The quantitative estimate of drug-likeness (QED) is 0.936. The summed E-state index contributed by atoms with van der Waals surface area (Å²) in [6.07, 6.45) is 1.91. The van der Waals surface area contributed by atoms with Crippen molar-refractivity contribution >= 4 is 11.6 Å². The highest BCUT2D eigenvalue weighted by Gasteiger charge is 2.26. The summed E-state index contributed by atoms with van der Waals surface area (Å²) in [7, 11) is 0. The van der Waals surface area contributed by atoms with Crippen LogP contribution in [0.5, 0.6) is 0 Å². The van der Waals surface area contributed by atoms with Gasteiger partial charge in [0.1, 0.15) is 12.2 Å². The van der Waals surface area contributed by atoms with Gasteiger partial charge < -0.3 is 5.11 Å². The summed E-state index contributed by atoms with van der Waals surface area (Å²) in [5.74, 6) is 0.764. The fraction of sp³-hybridized carbons (Fsp3) is 0.429. The third kappa shape index (κ3) is 3.14. The van der Waals surface area contributed by atoms with Crippen molar-refractivity contribution in [3.05, 3.63) is 47.0 Å². The summed E-state index contributed by atoms with van der Waals surface area (Å²) in [6, 6.07) is 7.48. The fourth-order valence-corrected chi connectivity index (χ4v) is 2.26. The van der Waals surface area contributed by atoms with Crippen molar-refractivity contribution in [3.8, 4) is 0 Å². The Morgan fingerprint density at radius 3 is 2.79 bits per heavy atom. The minimum atomic E-state index is -1.02. The van der Waals surface area contributed by atoms with E-state index in [0.29, 0.717) is 11.4 Å². The molecular formula is C14H18ClN3O. The predicted octanol–water partition coefficient (Wildman–Crippen LogP) is 2.96. The van der Waals surface area contributed by atoms with Gasteiger partial charge in [-0.1, -0.05) is 23.7 Å². The van der Waals surface area contributed by atoms with E-state index in [4.69, 9.17) is 11.6 Å². The van der Waals surface area contributed by atoms with Gasteiger partial charge in [0.2, 0.25) is 0 Å². The lowest BCUT2D eigenvalue weighted by atomic mass is 9.92. The third-order valence-electron chi connectivity index (χ3n) is 3.09. The van der Waals surface area contributed by atoms with Crippen LogP contribution in [0.25, 0.3) is 0 Å². The van der Waals surface area contributed by atoms with Gasteiger partial charge in [0.15, 0.2) is 0 Å². The average Bonchev–Trinajstić information content (AvgIpc) is 2.76. The first-order valence-electron chi connectivity index (χ1n) is 6.27. The van der Waals surface area contributed by atoms with E-state index in [9.17, 15) is 5.11 Å². The molecule has 19 heavy (non-hydrogen) atoms. The van der Waals surface area contributed by atoms with Crippen LogP contribution in [0.3, 0.4) is 0 Å². The van der Waals surface area contributed by atoms with Crippen LogP contribution in [-0.4, -0.2) is 19.9 Å². The molecule has 1 unspecified atom stereocenters. The van der Waals surface area contributed by atoms with Gasteiger partial charge in [-0.15, -0.1) is 0 Å². The highest BCUT2D eigenvalue weighted by molar-refractivity contribution is 6.30. The van der Waals surface area contributed by atoms with E-state index in [0.717, 1.165) is 11.4 Å². The second kappa shape index (κ2) is 5.31. The topological polar surface area (TPSA) is 50.9 Å². The lowest BCUT2D eigenvalue weighted by Gasteiger charge is -2.24. The summed E-state index contributed by atoms with van der Waals surface area (Å²) in [6.45, 7) is 5.83. The zero-order valence-electron chi connectivity index (χ0n) is 11.3. The molecule has 0 bridgehead atoms. The van der Waals surface area contributed by atoms with E-state index in [1.54, 1.807) is 19.1 Å². The van der Waals surface area contributed by atoms with Gasteiger partial charge in [0.25, 0.3) is 0 Å². The van der Waals surface area contributed by atoms with E-state index in [2.05, 4.69) is 10.1 Å². The van der Waals surface area contributed by atoms with Crippen LogP contribution in [-0.2, 0) is 12.0 Å². The molecule has 0 amide bonds. The van der Waals surface area contributed by atoms with Crippen LogP contribution >= 0.6 is 11.6 Å². The van der Waals surface area contributed by atoms with Crippen LogP contribution in [0.1, 0.15) is 38.2 Å². The molecule has 5 heteroatoms. The number of rotatable bonds is 4. The molecule has 0 fully saturated rings. The number of nitrogens with zero attached hydrogens (tertiary/aromatic N) is 3. The molecule has 0 aliphatic carbocycles. The Kier molecular flexibility index (Phi) is 3.92. The smallest absolute Gasteiger partial charge is 0.138 e. The molecule has 2 rings (SSSR count). The van der Waals surface area contributed by atoms with Gasteiger partial charge in [-0.25, -0.2) is 9.67 Å². The normalized spacial score (nSPS) is 14.6. The van der Waals surface area contributed by atoms with Crippen molar-refractivity contribution in [2.45, 2.75) is 38.8 Å². The molecule has 102 valence electrons. The first-order chi connectivity index (χ1) is 8.90. The van der Waals surface area contributed by atoms with Crippen molar-refractivity contribution in [1.82, 2.24) is 14.8 Å². The van der Waals surface area contributed by atoms with Crippen LogP contribution in [0, 0.1) is 0 Å². The van der Waals surface area contributed by atoms with Crippen molar-refractivity contribution in [2.75, 3.05) is 0 Å². The van der Waals surface area contributed by atoms with E-state index in [1.165, 1.54) is 6.33 Å². The van der Waals surface area contributed by atoms with Crippen LogP contribution in [0.15, 0.2) is 30.6 Å². The van der Waals surface area contributed by atoms with Crippen LogP contribution in [0.2, 0.25) is 5.02 Å². The Balaban J connectivity index is 2.28. The first-order valence-corrected chi connectivity index (χ1v) is 6.65. The molecule has 1 heterocycles. The summed E-state index contributed by atoms with van der Waals surface area (Å²) >= 11 is 5.97. The summed E-state index contributed by atoms with van der Waals surface area (Å²) in [4.78, 5) is 4.23. The number of aliphatic hydroxyl groups is 1. The van der Waals surface area contributed by atoms with Gasteiger partial charge in [0.05, 0.1) is 5.60 Å². The monoisotopic (exact) mass is 279 g/mol. The van der Waals surface area contributed by atoms with Gasteiger partial charge in [-0.2, -0.15) is 5.10 Å². The van der Waals surface area contributed by atoms with E-state index in [1.807, 2.05) is 30.7 Å². The van der Waals surface area contributed by atoms with Crippen molar-refractivity contribution < 1.29 is 5.11 Å². The Morgan fingerprint density at radius 1 is 1.42 bits per heavy atom. The highest BCUT2D eigenvalue weighted by Crippen LogP contribution is 2.27. The minimum Gasteiger partial charge on any atom is -0.385 e. The lowest BCUT2D eigenvalue weighted by Crippen LogP contribution is -2.26. The molecule has 1 atom stereocenters. The Bertz CT molecular complexity index is 563. The maximum atomic E-state index is 10.6. The minimum absolute atomic E-state index is 0.215. The summed E-state index contributed by atoms with van der Waals surface area (Å²) < 4.78 is 1.82. The SMILES string of the molecule is CC(C)n1ncnc1CC(C)(O)c1cccc(Cl)c1. The molecule has 0 saturated heterocycles. The predicted molar refractivity (Wildman–Crippen MR) is 75.1 cm³/mol. The molecule has 0 aliphatic heterocycles. The van der Waals surface area contributed by atoms with Gasteiger partial charge >= 0.3 is 0 Å². The molecule has 1 aromatic heterocycles. The molecule has 2 aromatic rings. The summed E-state index contributed by atoms with van der Waals surface area (Å²) in [5, 5.41) is 15.4. The third-order valence-corrected chi connectivity index (χ3v) is 3.32. The van der Waals surface area contributed by atoms with Crippen molar-refractivity contribution in [3.63, 3.8) is 0 Å². The van der Waals surface area contributed by atoms with Crippen LogP contribution < -0.4 is 0 Å². The van der Waals surface area contributed by atoms with Gasteiger partial charge in [-0.05, 0) is 38.5 Å². The number of aromatic nitrogens is 3. The largest absolute Gasteiger partial charge is 0.385 e. The number of hydrogen-bond acceptors (Lipinski definition) is 3. The van der Waals surface area contributed by atoms with Crippen molar-refractivity contribution in [2.24, 2.45) is 0 Å². The first kappa shape index (κ1) is 14.0. The molecule has 0 saturated carbocycles. The fourth-order valence-electron chi connectivity index (χ4n) is 2.07. The number of benzene rings is 1. The molecular weight excluding hydrogens is 262 g/mol. The Hall–Kier alpha value is -1.39.